The number of rotatable bonds is 6. The summed E-state index contributed by atoms with van der Waals surface area (Å²) < 4.78 is 14.8. The van der Waals surface area contributed by atoms with Gasteiger partial charge in [-0.25, -0.2) is 4.39 Å². The van der Waals surface area contributed by atoms with E-state index in [0.717, 1.165) is 17.2 Å². The fourth-order valence-corrected chi connectivity index (χ4v) is 2.42. The van der Waals surface area contributed by atoms with Gasteiger partial charge >= 0.3 is 0 Å². The van der Waals surface area contributed by atoms with Crippen molar-refractivity contribution >= 4 is 41.8 Å². The maximum absolute atomic E-state index is 13.0. The zero-order valence-corrected chi connectivity index (χ0v) is 15.8. The van der Waals surface area contributed by atoms with Gasteiger partial charge in [0, 0.05) is 17.8 Å². The molecule has 3 aromatic rings. The molecule has 0 aliphatic rings. The Labute approximate surface area is 168 Å². The van der Waals surface area contributed by atoms with Gasteiger partial charge in [-0.15, -0.1) is 12.4 Å². The van der Waals surface area contributed by atoms with Crippen molar-refractivity contribution in [2.75, 3.05) is 11.1 Å². The maximum Gasteiger partial charge on any atom is 0.248 e. The molecule has 0 radical (unpaired) electrons. The van der Waals surface area contributed by atoms with E-state index in [1.807, 2.05) is 48.7 Å². The number of halogens is 2. The fraction of sp³-hybridized carbons (Fsp3) is 0.0476. The molecule has 28 heavy (non-hydrogen) atoms. The topological polar surface area (TPSA) is 72.9 Å². The number of nitrogens with two attached hydrogens (primary N) is 1. The monoisotopic (exact) mass is 398 g/mol. The summed E-state index contributed by atoms with van der Waals surface area (Å²) in [5, 5.41) is 6.87. The molecule has 0 aliphatic carbocycles. The van der Waals surface area contributed by atoms with Gasteiger partial charge in [0.1, 0.15) is 5.82 Å². The van der Waals surface area contributed by atoms with Crippen LogP contribution in [-0.2, 0) is 11.3 Å². The second-order valence-electron chi connectivity index (χ2n) is 5.86. The van der Waals surface area contributed by atoms with Crippen LogP contribution in [0.5, 0.6) is 0 Å². The molecule has 0 aliphatic heterocycles. The number of allylic oxidation sites excluding steroid dienone is 1. The Morgan fingerprint density at radius 1 is 1.14 bits per heavy atom. The minimum atomic E-state index is -0.449. The van der Waals surface area contributed by atoms with E-state index in [1.54, 1.807) is 17.0 Å². The highest BCUT2D eigenvalue weighted by molar-refractivity contribution is 6.03. The Morgan fingerprint density at radius 2 is 1.93 bits per heavy atom. The standard InChI is InChI=1S/C21H19FN4O.ClH/c22-18-9-10-20(19(23)13-18)25-21(27)11-8-17-14-24-26(15-17)12-4-7-16-5-2-1-3-6-16;/h1-11,13-15H,12,23H2,(H,25,27);1H/b7-4+,11-8+;. The molecule has 1 amide bonds. The van der Waals surface area contributed by atoms with Gasteiger partial charge < -0.3 is 11.1 Å². The molecule has 3 N–H and O–H groups in total. The molecule has 0 saturated heterocycles. The molecule has 144 valence electrons. The average Bonchev–Trinajstić information content (AvgIpc) is 3.11. The highest BCUT2D eigenvalue weighted by Gasteiger charge is 2.03. The Bertz CT molecular complexity index is 983. The number of aromatic nitrogens is 2. The van der Waals surface area contributed by atoms with Crippen molar-refractivity contribution in [1.29, 1.82) is 0 Å². The lowest BCUT2D eigenvalue weighted by molar-refractivity contribution is -0.111. The molecule has 5 nitrogen and oxygen atoms in total. The molecule has 7 heteroatoms. The van der Waals surface area contributed by atoms with E-state index in [-0.39, 0.29) is 24.0 Å². The number of anilines is 2. The molecule has 0 unspecified atom stereocenters. The first-order valence-electron chi connectivity index (χ1n) is 8.38. The molecule has 0 fully saturated rings. The second-order valence-corrected chi connectivity index (χ2v) is 5.86. The van der Waals surface area contributed by atoms with Crippen LogP contribution in [0.4, 0.5) is 15.8 Å². The van der Waals surface area contributed by atoms with Gasteiger partial charge in [-0.05, 0) is 29.8 Å². The Kier molecular flexibility index (Phi) is 7.54. The summed E-state index contributed by atoms with van der Waals surface area (Å²) in [4.78, 5) is 12.0. The van der Waals surface area contributed by atoms with Crippen LogP contribution in [0.25, 0.3) is 12.2 Å². The molecular formula is C21H20ClFN4O. The number of nitrogen functional groups attached to an aromatic ring is 1. The summed E-state index contributed by atoms with van der Waals surface area (Å²) >= 11 is 0. The number of amides is 1. The van der Waals surface area contributed by atoms with Crippen molar-refractivity contribution in [2.24, 2.45) is 0 Å². The summed E-state index contributed by atoms with van der Waals surface area (Å²) in [5.74, 6) is -0.806. The predicted octanol–water partition coefficient (Wildman–Crippen LogP) is 4.39. The normalized spacial score (nSPS) is 10.9. The van der Waals surface area contributed by atoms with Gasteiger partial charge in [0.05, 0.1) is 24.1 Å². The summed E-state index contributed by atoms with van der Waals surface area (Å²) in [6, 6.07) is 13.8. The highest BCUT2D eigenvalue weighted by Crippen LogP contribution is 2.19. The van der Waals surface area contributed by atoms with Crippen molar-refractivity contribution in [1.82, 2.24) is 9.78 Å². The number of carbonyl (C=O) groups excluding carboxylic acids is 1. The lowest BCUT2D eigenvalue weighted by atomic mass is 10.2. The number of carbonyl (C=O) groups is 1. The van der Waals surface area contributed by atoms with Crippen LogP contribution in [0.3, 0.4) is 0 Å². The highest BCUT2D eigenvalue weighted by atomic mass is 35.5. The van der Waals surface area contributed by atoms with E-state index in [0.29, 0.717) is 12.2 Å². The molecule has 0 atom stereocenters. The smallest absolute Gasteiger partial charge is 0.248 e. The lowest BCUT2D eigenvalue weighted by Crippen LogP contribution is -2.09. The van der Waals surface area contributed by atoms with Gasteiger partial charge in [0.25, 0.3) is 0 Å². The van der Waals surface area contributed by atoms with Crippen molar-refractivity contribution in [3.8, 4) is 0 Å². The molecule has 1 heterocycles. The van der Waals surface area contributed by atoms with Crippen molar-refractivity contribution < 1.29 is 9.18 Å². The van der Waals surface area contributed by atoms with Crippen LogP contribution < -0.4 is 11.1 Å². The van der Waals surface area contributed by atoms with E-state index in [9.17, 15) is 9.18 Å². The predicted molar refractivity (Wildman–Crippen MR) is 113 cm³/mol. The minimum Gasteiger partial charge on any atom is -0.397 e. The number of hydrogen-bond acceptors (Lipinski definition) is 3. The fourth-order valence-electron chi connectivity index (χ4n) is 2.42. The van der Waals surface area contributed by atoms with Gasteiger partial charge in [0.15, 0.2) is 0 Å². The number of benzene rings is 2. The molecule has 3 rings (SSSR count). The summed E-state index contributed by atoms with van der Waals surface area (Å²) in [6.45, 7) is 0.626. The third-order valence-corrected chi connectivity index (χ3v) is 3.75. The second kappa shape index (κ2) is 10.1. The minimum absolute atomic E-state index is 0. The van der Waals surface area contributed by atoms with Crippen molar-refractivity contribution in [2.45, 2.75) is 6.54 Å². The first-order chi connectivity index (χ1) is 13.1. The quantitative estimate of drug-likeness (QED) is 0.477. The van der Waals surface area contributed by atoms with E-state index >= 15 is 0 Å². The lowest BCUT2D eigenvalue weighted by Gasteiger charge is -2.05. The number of hydrogen-bond donors (Lipinski definition) is 2. The number of nitrogens with one attached hydrogen (secondary N) is 1. The molecular weight excluding hydrogens is 379 g/mol. The van der Waals surface area contributed by atoms with Gasteiger partial charge in [-0.2, -0.15) is 5.10 Å². The maximum atomic E-state index is 13.0. The molecule has 1 aromatic heterocycles. The largest absolute Gasteiger partial charge is 0.397 e. The molecule has 0 bridgehead atoms. The summed E-state index contributed by atoms with van der Waals surface area (Å²) in [5.41, 5.74) is 8.14. The molecule has 0 saturated carbocycles. The van der Waals surface area contributed by atoms with Crippen LogP contribution in [0.2, 0.25) is 0 Å². The first-order valence-corrected chi connectivity index (χ1v) is 8.38. The van der Waals surface area contributed by atoms with Crippen LogP contribution >= 0.6 is 12.4 Å². The third kappa shape index (κ3) is 6.10. The average molecular weight is 399 g/mol. The third-order valence-electron chi connectivity index (χ3n) is 3.75. The van der Waals surface area contributed by atoms with E-state index in [4.69, 9.17) is 5.73 Å². The zero-order valence-electron chi connectivity index (χ0n) is 15.0. The van der Waals surface area contributed by atoms with Crippen molar-refractivity contribution in [3.05, 3.63) is 90.0 Å². The Hall–Kier alpha value is -3.38. The van der Waals surface area contributed by atoms with Crippen LogP contribution in [0.1, 0.15) is 11.1 Å². The van der Waals surface area contributed by atoms with Crippen LogP contribution in [0, 0.1) is 5.82 Å². The molecule has 0 spiro atoms. The van der Waals surface area contributed by atoms with Crippen molar-refractivity contribution in [3.63, 3.8) is 0 Å². The van der Waals surface area contributed by atoms with E-state index < -0.39 is 5.82 Å². The van der Waals surface area contributed by atoms with E-state index in [1.165, 1.54) is 18.2 Å². The Morgan fingerprint density at radius 3 is 2.68 bits per heavy atom. The van der Waals surface area contributed by atoms with Gasteiger partial charge in [-0.3, -0.25) is 9.48 Å². The summed E-state index contributed by atoms with van der Waals surface area (Å²) in [7, 11) is 0. The molecule has 2 aromatic carbocycles. The first kappa shape index (κ1) is 20.9. The SMILES string of the molecule is Cl.Nc1cc(F)ccc1NC(=O)/C=C/c1cnn(C/C=C/c2ccccc2)c1. The van der Waals surface area contributed by atoms with Crippen LogP contribution in [0.15, 0.2) is 73.1 Å². The van der Waals surface area contributed by atoms with Gasteiger partial charge in [0.2, 0.25) is 5.91 Å². The Balaban J connectivity index is 0.00000280. The van der Waals surface area contributed by atoms with E-state index in [2.05, 4.69) is 10.4 Å². The van der Waals surface area contributed by atoms with Gasteiger partial charge in [-0.1, -0.05) is 42.5 Å². The number of nitrogens with zero attached hydrogens (tertiary/aromatic N) is 2. The zero-order chi connectivity index (χ0) is 19.1. The van der Waals surface area contributed by atoms with Crippen LogP contribution in [-0.4, -0.2) is 15.7 Å². The summed E-state index contributed by atoms with van der Waals surface area (Å²) in [6.07, 6.45) is 10.6.